The molecule has 0 saturated carbocycles. The molecule has 4 rings (SSSR count). The largest absolute Gasteiger partial charge is 0.465 e. The Morgan fingerprint density at radius 2 is 1.82 bits per heavy atom. The third-order valence-corrected chi connectivity index (χ3v) is 5.02. The summed E-state index contributed by atoms with van der Waals surface area (Å²) in [5, 5.41) is 2.82. The van der Waals surface area contributed by atoms with E-state index in [1.54, 1.807) is 29.2 Å². The molecule has 2 amide bonds. The maximum Gasteiger partial charge on any atom is 0.339 e. The van der Waals surface area contributed by atoms with Gasteiger partial charge in [-0.05, 0) is 37.1 Å². The predicted octanol–water partition coefficient (Wildman–Crippen LogP) is 4.03. The van der Waals surface area contributed by atoms with E-state index in [9.17, 15) is 9.59 Å². The second-order valence-corrected chi connectivity index (χ2v) is 6.75. The summed E-state index contributed by atoms with van der Waals surface area (Å²) in [6.07, 6.45) is 1.55. The molecule has 1 aromatic heterocycles. The van der Waals surface area contributed by atoms with Crippen LogP contribution in [0.1, 0.15) is 35.0 Å². The number of hydrogen-bond donors (Lipinski definition) is 1. The normalized spacial score (nSPS) is 14.8. The number of nitrogens with one attached hydrogen (secondary N) is 1. The van der Waals surface area contributed by atoms with E-state index in [0.717, 1.165) is 29.8 Å². The Bertz CT molecular complexity index is 973. The fourth-order valence-corrected chi connectivity index (χ4v) is 3.47. The van der Waals surface area contributed by atoms with Gasteiger partial charge in [0.25, 0.3) is 0 Å². The highest BCUT2D eigenvalue weighted by Gasteiger charge is 2.27. The van der Waals surface area contributed by atoms with Crippen LogP contribution in [0.4, 0.5) is 10.5 Å². The fraction of sp³-hybridized carbons (Fsp3) is 0.286. The minimum atomic E-state index is -0.481. The van der Waals surface area contributed by atoms with Crippen molar-refractivity contribution in [1.29, 1.82) is 0 Å². The lowest BCUT2D eigenvalue weighted by atomic mass is 9.97. The Labute approximate surface area is 162 Å². The van der Waals surface area contributed by atoms with Crippen LogP contribution in [-0.4, -0.2) is 42.1 Å². The van der Waals surface area contributed by atoms with Crippen molar-refractivity contribution in [3.05, 3.63) is 60.0 Å². The van der Waals surface area contributed by atoms with Gasteiger partial charge in [-0.1, -0.05) is 24.3 Å². The number of piperidine rings is 1. The highest BCUT2D eigenvalue weighted by molar-refractivity contribution is 6.00. The number of oxazole rings is 1. The van der Waals surface area contributed by atoms with Gasteiger partial charge in [-0.25, -0.2) is 14.6 Å². The van der Waals surface area contributed by atoms with E-state index in [4.69, 9.17) is 9.15 Å². The molecule has 7 heteroatoms. The van der Waals surface area contributed by atoms with Crippen molar-refractivity contribution >= 4 is 28.8 Å². The molecule has 0 bridgehead atoms. The number of benzene rings is 2. The molecule has 0 unspecified atom stereocenters. The summed E-state index contributed by atoms with van der Waals surface area (Å²) in [6, 6.07) is 14.3. The number of carbonyl (C=O) groups is 2. The van der Waals surface area contributed by atoms with Crippen LogP contribution >= 0.6 is 0 Å². The van der Waals surface area contributed by atoms with Crippen LogP contribution in [0.25, 0.3) is 11.1 Å². The molecule has 1 aliphatic rings. The highest BCUT2D eigenvalue weighted by Crippen LogP contribution is 2.30. The zero-order chi connectivity index (χ0) is 19.5. The molecule has 1 aliphatic heterocycles. The first-order chi connectivity index (χ1) is 13.7. The molecule has 2 aromatic carbocycles. The quantitative estimate of drug-likeness (QED) is 0.695. The Kier molecular flexibility index (Phi) is 4.97. The van der Waals surface area contributed by atoms with Crippen molar-refractivity contribution in [2.75, 3.05) is 25.5 Å². The summed E-state index contributed by atoms with van der Waals surface area (Å²) in [4.78, 5) is 30.8. The van der Waals surface area contributed by atoms with Gasteiger partial charge >= 0.3 is 12.0 Å². The van der Waals surface area contributed by atoms with Gasteiger partial charge in [0.05, 0.1) is 18.4 Å². The third kappa shape index (κ3) is 3.55. The van der Waals surface area contributed by atoms with Crippen LogP contribution in [0.5, 0.6) is 0 Å². The first-order valence-electron chi connectivity index (χ1n) is 9.24. The molecule has 0 aliphatic carbocycles. The van der Waals surface area contributed by atoms with Crippen molar-refractivity contribution in [2.24, 2.45) is 0 Å². The standard InChI is InChI=1S/C21H21N3O4/c1-27-20(25)15-6-2-3-7-16(15)23-21(26)24-12-10-14(11-13-24)19-22-17-8-4-5-9-18(17)28-19/h2-9,14H,10-13H2,1H3,(H,23,26). The summed E-state index contributed by atoms with van der Waals surface area (Å²) >= 11 is 0. The summed E-state index contributed by atoms with van der Waals surface area (Å²) in [5.41, 5.74) is 2.43. The summed E-state index contributed by atoms with van der Waals surface area (Å²) < 4.78 is 10.6. The number of anilines is 1. The second-order valence-electron chi connectivity index (χ2n) is 6.75. The molecule has 0 radical (unpaired) electrons. The molecule has 0 spiro atoms. The maximum atomic E-state index is 12.6. The number of nitrogens with zero attached hydrogens (tertiary/aromatic N) is 2. The molecular weight excluding hydrogens is 358 g/mol. The number of ether oxygens (including phenoxy) is 1. The summed E-state index contributed by atoms with van der Waals surface area (Å²) in [7, 11) is 1.32. The number of urea groups is 1. The topological polar surface area (TPSA) is 84.7 Å². The van der Waals surface area contributed by atoms with Gasteiger partial charge in [-0.15, -0.1) is 0 Å². The lowest BCUT2D eigenvalue weighted by Gasteiger charge is -2.30. The van der Waals surface area contributed by atoms with E-state index in [1.807, 2.05) is 24.3 Å². The Balaban J connectivity index is 1.40. The van der Waals surface area contributed by atoms with Crippen LogP contribution in [-0.2, 0) is 4.74 Å². The maximum absolute atomic E-state index is 12.6. The molecular formula is C21H21N3O4. The fourth-order valence-electron chi connectivity index (χ4n) is 3.47. The Morgan fingerprint density at radius 1 is 1.11 bits per heavy atom. The number of aromatic nitrogens is 1. The average molecular weight is 379 g/mol. The van der Waals surface area contributed by atoms with E-state index in [1.165, 1.54) is 7.11 Å². The summed E-state index contributed by atoms with van der Waals surface area (Å²) in [6.45, 7) is 1.19. The lowest BCUT2D eigenvalue weighted by Crippen LogP contribution is -2.40. The van der Waals surface area contributed by atoms with Crippen molar-refractivity contribution in [1.82, 2.24) is 9.88 Å². The number of esters is 1. The van der Waals surface area contributed by atoms with Crippen LogP contribution in [0, 0.1) is 0 Å². The number of fused-ring (bicyclic) bond motifs is 1. The number of methoxy groups -OCH3 is 1. The zero-order valence-electron chi connectivity index (χ0n) is 15.6. The number of rotatable bonds is 3. The lowest BCUT2D eigenvalue weighted by molar-refractivity contribution is 0.0602. The minimum Gasteiger partial charge on any atom is -0.465 e. The van der Waals surface area contributed by atoms with Crippen molar-refractivity contribution in [3.63, 3.8) is 0 Å². The van der Waals surface area contributed by atoms with E-state index in [2.05, 4.69) is 10.3 Å². The first kappa shape index (κ1) is 18.0. The zero-order valence-corrected chi connectivity index (χ0v) is 15.6. The molecule has 7 nitrogen and oxygen atoms in total. The van der Waals surface area contributed by atoms with Crippen LogP contribution in [0.15, 0.2) is 52.9 Å². The number of likely N-dealkylation sites (tertiary alicyclic amines) is 1. The van der Waals surface area contributed by atoms with Crippen molar-refractivity contribution in [2.45, 2.75) is 18.8 Å². The highest BCUT2D eigenvalue weighted by atomic mass is 16.5. The first-order valence-corrected chi connectivity index (χ1v) is 9.24. The number of hydrogen-bond acceptors (Lipinski definition) is 5. The van der Waals surface area contributed by atoms with E-state index >= 15 is 0 Å². The Morgan fingerprint density at radius 3 is 2.57 bits per heavy atom. The molecule has 1 saturated heterocycles. The van der Waals surface area contributed by atoms with Crippen molar-refractivity contribution in [3.8, 4) is 0 Å². The van der Waals surface area contributed by atoms with E-state index in [-0.39, 0.29) is 11.9 Å². The van der Waals surface area contributed by atoms with Gasteiger partial charge in [-0.3, -0.25) is 0 Å². The van der Waals surface area contributed by atoms with Crippen LogP contribution in [0.2, 0.25) is 0 Å². The molecule has 28 heavy (non-hydrogen) atoms. The van der Waals surface area contributed by atoms with Gasteiger partial charge in [-0.2, -0.15) is 0 Å². The van der Waals surface area contributed by atoms with E-state index < -0.39 is 5.97 Å². The second kappa shape index (κ2) is 7.72. The molecule has 1 fully saturated rings. The van der Waals surface area contributed by atoms with Crippen molar-refractivity contribution < 1.29 is 18.7 Å². The molecule has 2 heterocycles. The van der Waals surface area contributed by atoms with Gasteiger partial charge in [0.2, 0.25) is 0 Å². The number of para-hydroxylation sites is 3. The SMILES string of the molecule is COC(=O)c1ccccc1NC(=O)N1CCC(c2nc3ccccc3o2)CC1. The van der Waals surface area contributed by atoms with Gasteiger partial charge in [0, 0.05) is 19.0 Å². The monoisotopic (exact) mass is 379 g/mol. The predicted molar refractivity (Wildman–Crippen MR) is 104 cm³/mol. The van der Waals surface area contributed by atoms with Crippen LogP contribution < -0.4 is 5.32 Å². The molecule has 0 atom stereocenters. The molecule has 3 aromatic rings. The van der Waals surface area contributed by atoms with Gasteiger partial charge in [0.1, 0.15) is 5.52 Å². The molecule has 1 N–H and O–H groups in total. The Hall–Kier alpha value is -3.35. The number of amides is 2. The van der Waals surface area contributed by atoms with Crippen LogP contribution in [0.3, 0.4) is 0 Å². The summed E-state index contributed by atoms with van der Waals surface area (Å²) in [5.74, 6) is 0.446. The average Bonchev–Trinajstić information content (AvgIpc) is 3.18. The number of carbonyl (C=O) groups excluding carboxylic acids is 2. The third-order valence-electron chi connectivity index (χ3n) is 5.02. The van der Waals surface area contributed by atoms with Gasteiger partial charge in [0.15, 0.2) is 11.5 Å². The molecule has 144 valence electrons. The van der Waals surface area contributed by atoms with Gasteiger partial charge < -0.3 is 19.4 Å². The smallest absolute Gasteiger partial charge is 0.339 e. The van der Waals surface area contributed by atoms with E-state index in [0.29, 0.717) is 24.3 Å². The minimum absolute atomic E-state index is 0.193.